The molecule has 82 valence electrons. The van der Waals surface area contributed by atoms with E-state index < -0.39 is 0 Å². The highest BCUT2D eigenvalue weighted by atomic mass is 16.2. The molecule has 0 radical (unpaired) electrons. The van der Waals surface area contributed by atoms with Gasteiger partial charge in [-0.3, -0.25) is 4.79 Å². The van der Waals surface area contributed by atoms with E-state index in [1.807, 2.05) is 4.90 Å². The fraction of sp³-hybridized carbons (Fsp3) is 0.909. The van der Waals surface area contributed by atoms with Gasteiger partial charge in [-0.1, -0.05) is 13.3 Å². The van der Waals surface area contributed by atoms with Crippen LogP contribution in [0.3, 0.4) is 0 Å². The lowest BCUT2D eigenvalue weighted by Crippen LogP contribution is -2.49. The fourth-order valence-electron chi connectivity index (χ4n) is 2.12. The van der Waals surface area contributed by atoms with Crippen LogP contribution in [-0.4, -0.2) is 29.4 Å². The van der Waals surface area contributed by atoms with Crippen LogP contribution < -0.4 is 5.73 Å². The molecule has 1 rings (SSSR count). The molecular weight excluding hydrogens is 176 g/mol. The van der Waals surface area contributed by atoms with Crippen LogP contribution in [0.2, 0.25) is 0 Å². The Morgan fingerprint density at radius 3 is 2.86 bits per heavy atom. The Hall–Kier alpha value is -0.570. The Labute approximate surface area is 86.6 Å². The topological polar surface area (TPSA) is 46.3 Å². The molecule has 3 nitrogen and oxygen atoms in total. The number of hydrogen-bond acceptors (Lipinski definition) is 2. The third-order valence-electron chi connectivity index (χ3n) is 3.23. The number of rotatable bonds is 4. The van der Waals surface area contributed by atoms with Crippen molar-refractivity contribution in [2.24, 2.45) is 5.73 Å². The zero-order valence-corrected chi connectivity index (χ0v) is 9.38. The van der Waals surface area contributed by atoms with Crippen molar-refractivity contribution in [3.05, 3.63) is 0 Å². The van der Waals surface area contributed by atoms with Crippen LogP contribution in [0.25, 0.3) is 0 Å². The molecule has 1 aliphatic heterocycles. The minimum Gasteiger partial charge on any atom is -0.336 e. The maximum Gasteiger partial charge on any atom is 0.223 e. The van der Waals surface area contributed by atoms with E-state index >= 15 is 0 Å². The molecule has 2 N–H and O–H groups in total. The average Bonchev–Trinajstić information content (AvgIpc) is 2.57. The van der Waals surface area contributed by atoms with Gasteiger partial charge in [0, 0.05) is 19.5 Å². The van der Waals surface area contributed by atoms with Crippen LogP contribution in [0.15, 0.2) is 0 Å². The Morgan fingerprint density at radius 1 is 1.57 bits per heavy atom. The second-order valence-corrected chi connectivity index (χ2v) is 4.45. The lowest BCUT2D eigenvalue weighted by molar-refractivity contribution is -0.134. The second kappa shape index (κ2) is 4.78. The number of unbranched alkanes of at least 4 members (excludes halogenated alkanes) is 1. The normalized spacial score (nSPS) is 26.9. The number of amides is 1. The largest absolute Gasteiger partial charge is 0.336 e. The quantitative estimate of drug-likeness (QED) is 0.744. The van der Waals surface area contributed by atoms with Crippen LogP contribution >= 0.6 is 0 Å². The molecule has 0 aromatic heterocycles. The summed E-state index contributed by atoms with van der Waals surface area (Å²) in [6.45, 7) is 5.70. The first kappa shape index (κ1) is 11.5. The third-order valence-corrected chi connectivity index (χ3v) is 3.23. The zero-order chi connectivity index (χ0) is 10.6. The maximum absolute atomic E-state index is 11.8. The molecule has 0 aromatic rings. The van der Waals surface area contributed by atoms with Gasteiger partial charge in [0.1, 0.15) is 0 Å². The molecule has 1 unspecified atom stereocenters. The van der Waals surface area contributed by atoms with Gasteiger partial charge in [0.15, 0.2) is 0 Å². The van der Waals surface area contributed by atoms with Crippen LogP contribution in [0, 0.1) is 0 Å². The number of carbonyl (C=O) groups is 1. The van der Waals surface area contributed by atoms with E-state index in [4.69, 9.17) is 5.73 Å². The predicted molar refractivity (Wildman–Crippen MR) is 57.9 cm³/mol. The Kier molecular flexibility index (Phi) is 3.93. The first-order valence-electron chi connectivity index (χ1n) is 5.64. The highest BCUT2D eigenvalue weighted by molar-refractivity contribution is 5.77. The fourth-order valence-corrected chi connectivity index (χ4v) is 2.12. The van der Waals surface area contributed by atoms with Gasteiger partial charge in [0.25, 0.3) is 0 Å². The van der Waals surface area contributed by atoms with Gasteiger partial charge in [-0.05, 0) is 26.2 Å². The Balaban J connectivity index is 2.53. The van der Waals surface area contributed by atoms with Crippen molar-refractivity contribution in [2.45, 2.75) is 51.5 Å². The van der Waals surface area contributed by atoms with E-state index in [-0.39, 0.29) is 11.4 Å². The molecule has 1 fully saturated rings. The van der Waals surface area contributed by atoms with Crippen LogP contribution in [0.4, 0.5) is 0 Å². The summed E-state index contributed by atoms with van der Waals surface area (Å²) in [5.41, 5.74) is 5.67. The SMILES string of the molecule is CCCCC(=O)N1CCCC1(C)CN. The summed E-state index contributed by atoms with van der Waals surface area (Å²) in [6.07, 6.45) is 4.92. The van der Waals surface area contributed by atoms with E-state index in [0.717, 1.165) is 32.2 Å². The van der Waals surface area contributed by atoms with E-state index in [2.05, 4.69) is 13.8 Å². The van der Waals surface area contributed by atoms with Gasteiger partial charge in [0.2, 0.25) is 5.91 Å². The second-order valence-electron chi connectivity index (χ2n) is 4.45. The summed E-state index contributed by atoms with van der Waals surface area (Å²) >= 11 is 0. The average molecular weight is 198 g/mol. The molecule has 1 aliphatic rings. The first-order valence-corrected chi connectivity index (χ1v) is 5.64. The molecule has 0 bridgehead atoms. The molecule has 1 amide bonds. The van der Waals surface area contributed by atoms with Gasteiger partial charge in [0.05, 0.1) is 5.54 Å². The number of carbonyl (C=O) groups excluding carboxylic acids is 1. The molecule has 0 saturated carbocycles. The van der Waals surface area contributed by atoms with Crippen molar-refractivity contribution in [1.29, 1.82) is 0 Å². The zero-order valence-electron chi connectivity index (χ0n) is 9.38. The highest BCUT2D eigenvalue weighted by Gasteiger charge is 2.37. The Bertz CT molecular complexity index is 205. The molecule has 0 aliphatic carbocycles. The van der Waals surface area contributed by atoms with E-state index in [1.165, 1.54) is 0 Å². The molecule has 14 heavy (non-hydrogen) atoms. The van der Waals surface area contributed by atoms with Crippen LogP contribution in [0.5, 0.6) is 0 Å². The summed E-state index contributed by atoms with van der Waals surface area (Å²) in [4.78, 5) is 13.8. The van der Waals surface area contributed by atoms with Crippen LogP contribution in [0.1, 0.15) is 46.0 Å². The summed E-state index contributed by atoms with van der Waals surface area (Å²) in [5.74, 6) is 0.289. The smallest absolute Gasteiger partial charge is 0.223 e. The summed E-state index contributed by atoms with van der Waals surface area (Å²) in [5, 5.41) is 0. The molecule has 0 aromatic carbocycles. The standard InChI is InChI=1S/C11H22N2O/c1-3-4-6-10(14)13-8-5-7-11(13,2)9-12/h3-9,12H2,1-2H3. The Morgan fingerprint density at radius 2 is 2.29 bits per heavy atom. The molecule has 3 heteroatoms. The van der Waals surface area contributed by atoms with Gasteiger partial charge in [-0.15, -0.1) is 0 Å². The van der Waals surface area contributed by atoms with Crippen LogP contribution in [-0.2, 0) is 4.79 Å². The summed E-state index contributed by atoms with van der Waals surface area (Å²) in [7, 11) is 0. The van der Waals surface area contributed by atoms with Crippen molar-refractivity contribution >= 4 is 5.91 Å². The van der Waals surface area contributed by atoms with E-state index in [9.17, 15) is 4.79 Å². The maximum atomic E-state index is 11.8. The lowest BCUT2D eigenvalue weighted by Gasteiger charge is -2.34. The number of nitrogens with zero attached hydrogens (tertiary/aromatic N) is 1. The monoisotopic (exact) mass is 198 g/mol. The molecule has 1 saturated heterocycles. The molecule has 1 heterocycles. The van der Waals surface area contributed by atoms with Crippen molar-refractivity contribution in [1.82, 2.24) is 4.90 Å². The van der Waals surface area contributed by atoms with Gasteiger partial charge >= 0.3 is 0 Å². The number of likely N-dealkylation sites (tertiary alicyclic amines) is 1. The van der Waals surface area contributed by atoms with Crippen molar-refractivity contribution in [2.75, 3.05) is 13.1 Å². The first-order chi connectivity index (χ1) is 6.64. The lowest BCUT2D eigenvalue weighted by atomic mass is 9.99. The molecular formula is C11H22N2O. The minimum absolute atomic E-state index is 0.0647. The molecule has 1 atom stereocenters. The van der Waals surface area contributed by atoms with Crippen molar-refractivity contribution < 1.29 is 4.79 Å². The van der Waals surface area contributed by atoms with Gasteiger partial charge < -0.3 is 10.6 Å². The third kappa shape index (κ3) is 2.27. The molecule has 0 spiro atoms. The number of nitrogens with two attached hydrogens (primary N) is 1. The predicted octanol–water partition coefficient (Wildman–Crippen LogP) is 1.52. The van der Waals surface area contributed by atoms with Gasteiger partial charge in [-0.25, -0.2) is 0 Å². The number of hydrogen-bond donors (Lipinski definition) is 1. The van der Waals surface area contributed by atoms with Crippen molar-refractivity contribution in [3.8, 4) is 0 Å². The van der Waals surface area contributed by atoms with Crippen molar-refractivity contribution in [3.63, 3.8) is 0 Å². The highest BCUT2D eigenvalue weighted by Crippen LogP contribution is 2.28. The minimum atomic E-state index is -0.0647. The van der Waals surface area contributed by atoms with E-state index in [0.29, 0.717) is 13.0 Å². The summed E-state index contributed by atoms with van der Waals surface area (Å²) < 4.78 is 0. The summed E-state index contributed by atoms with van der Waals surface area (Å²) in [6, 6.07) is 0. The van der Waals surface area contributed by atoms with E-state index in [1.54, 1.807) is 0 Å². The van der Waals surface area contributed by atoms with Gasteiger partial charge in [-0.2, -0.15) is 0 Å².